The van der Waals surface area contributed by atoms with Gasteiger partial charge in [0.1, 0.15) is 11.2 Å². The Morgan fingerprint density at radius 1 is 1.59 bits per heavy atom. The van der Waals surface area contributed by atoms with Crippen LogP contribution in [0.1, 0.15) is 24.3 Å². The van der Waals surface area contributed by atoms with E-state index in [4.69, 9.17) is 0 Å². The van der Waals surface area contributed by atoms with Gasteiger partial charge in [0, 0.05) is 6.54 Å². The molecule has 0 radical (unpaired) electrons. The summed E-state index contributed by atoms with van der Waals surface area (Å²) >= 11 is 4.78. The first kappa shape index (κ1) is 12.9. The molecule has 2 nitrogen and oxygen atoms in total. The van der Waals surface area contributed by atoms with Crippen molar-refractivity contribution in [2.24, 2.45) is 0 Å². The lowest BCUT2D eigenvalue weighted by atomic mass is 10.2. The molecule has 0 aliphatic carbocycles. The second-order valence-corrected chi connectivity index (χ2v) is 5.85. The average Bonchev–Trinajstić information content (AvgIpc) is 2.66. The summed E-state index contributed by atoms with van der Waals surface area (Å²) in [6, 6.07) is 4.94. The van der Waals surface area contributed by atoms with Gasteiger partial charge in [0.25, 0.3) is 0 Å². The van der Waals surface area contributed by atoms with E-state index >= 15 is 0 Å². The minimum absolute atomic E-state index is 0.0272. The van der Waals surface area contributed by atoms with Crippen LogP contribution in [0.3, 0.4) is 0 Å². The summed E-state index contributed by atoms with van der Waals surface area (Å²) in [7, 11) is 0. The van der Waals surface area contributed by atoms with Crippen molar-refractivity contribution < 1.29 is 9.18 Å². The molecule has 92 valence electrons. The quantitative estimate of drug-likeness (QED) is 0.849. The fraction of sp³-hybridized carbons (Fsp3) is 0.417. The Bertz CT molecular complexity index is 441. The van der Waals surface area contributed by atoms with Gasteiger partial charge in [-0.05, 0) is 40.0 Å². The van der Waals surface area contributed by atoms with Crippen molar-refractivity contribution in [2.75, 3.05) is 12.3 Å². The molecule has 1 aromatic rings. The predicted molar refractivity (Wildman–Crippen MR) is 71.3 cm³/mol. The van der Waals surface area contributed by atoms with E-state index in [1.807, 2.05) is 11.8 Å². The minimum atomic E-state index is -0.273. The zero-order chi connectivity index (χ0) is 12.4. The van der Waals surface area contributed by atoms with Gasteiger partial charge in [-0.3, -0.25) is 4.79 Å². The summed E-state index contributed by atoms with van der Waals surface area (Å²) in [5.41, 5.74) is 0.975. The summed E-state index contributed by atoms with van der Waals surface area (Å²) in [4.78, 5) is 13.6. The molecule has 0 bridgehead atoms. The van der Waals surface area contributed by atoms with Crippen LogP contribution in [0.25, 0.3) is 0 Å². The number of benzene rings is 1. The first-order chi connectivity index (χ1) is 8.13. The largest absolute Gasteiger partial charge is 0.326 e. The zero-order valence-electron chi connectivity index (χ0n) is 9.45. The summed E-state index contributed by atoms with van der Waals surface area (Å²) in [5.74, 6) is 0.409. The van der Waals surface area contributed by atoms with E-state index in [0.717, 1.165) is 18.5 Å². The molecule has 0 saturated carbocycles. The number of halogens is 2. The lowest BCUT2D eigenvalue weighted by Gasteiger charge is -2.23. The second kappa shape index (κ2) is 5.40. The molecule has 5 heteroatoms. The summed E-state index contributed by atoms with van der Waals surface area (Å²) in [6.07, 6.45) is 0.936. The molecule has 1 unspecified atom stereocenters. The van der Waals surface area contributed by atoms with Crippen molar-refractivity contribution in [3.8, 4) is 0 Å². The molecule has 1 aliphatic rings. The number of nitrogens with zero attached hydrogens (tertiary/aromatic N) is 1. The zero-order valence-corrected chi connectivity index (χ0v) is 11.9. The van der Waals surface area contributed by atoms with Crippen molar-refractivity contribution in [3.05, 3.63) is 34.1 Å². The van der Waals surface area contributed by atoms with Gasteiger partial charge in [0.05, 0.1) is 10.2 Å². The Balaban J connectivity index is 2.26. The predicted octanol–water partition coefficient (Wildman–Crippen LogP) is 3.57. The first-order valence-corrected chi connectivity index (χ1v) is 7.33. The number of amides is 1. The standard InChI is InChI=1S/C12H13BrFNOS/c1-2-5-15-11(16)7-17-12(15)8-3-4-10(14)9(13)6-8/h3-4,6,12H,2,5,7H2,1H3. The summed E-state index contributed by atoms with van der Waals surface area (Å²) < 4.78 is 13.6. The van der Waals surface area contributed by atoms with Crippen molar-refractivity contribution in [3.63, 3.8) is 0 Å². The Morgan fingerprint density at radius 2 is 2.35 bits per heavy atom. The van der Waals surface area contributed by atoms with E-state index in [1.165, 1.54) is 6.07 Å². The number of rotatable bonds is 3. The van der Waals surface area contributed by atoms with Crippen LogP contribution in [0, 0.1) is 5.82 Å². The maximum Gasteiger partial charge on any atom is 0.233 e. The third kappa shape index (κ3) is 2.65. The smallest absolute Gasteiger partial charge is 0.233 e. The maximum absolute atomic E-state index is 13.2. The average molecular weight is 318 g/mol. The Kier molecular flexibility index (Phi) is 4.09. The Morgan fingerprint density at radius 3 is 3.00 bits per heavy atom. The monoisotopic (exact) mass is 317 g/mol. The van der Waals surface area contributed by atoms with Crippen molar-refractivity contribution in [1.82, 2.24) is 4.90 Å². The number of thioether (sulfide) groups is 1. The Hall–Kier alpha value is -0.550. The number of hydrogen-bond acceptors (Lipinski definition) is 2. The molecular weight excluding hydrogens is 305 g/mol. The maximum atomic E-state index is 13.2. The van der Waals surface area contributed by atoms with Gasteiger partial charge in [-0.2, -0.15) is 0 Å². The van der Waals surface area contributed by atoms with E-state index < -0.39 is 0 Å². The fourth-order valence-electron chi connectivity index (χ4n) is 1.88. The highest BCUT2D eigenvalue weighted by atomic mass is 79.9. The summed E-state index contributed by atoms with van der Waals surface area (Å²) in [6.45, 7) is 2.80. The highest BCUT2D eigenvalue weighted by Crippen LogP contribution is 2.39. The summed E-state index contributed by atoms with van der Waals surface area (Å²) in [5, 5.41) is 0.0272. The highest BCUT2D eigenvalue weighted by molar-refractivity contribution is 9.10. The Labute approximate surface area is 113 Å². The number of carbonyl (C=O) groups is 1. The molecule has 1 saturated heterocycles. The molecule has 1 amide bonds. The molecule has 1 heterocycles. The normalized spacial score (nSPS) is 20.1. The molecule has 0 N–H and O–H groups in total. The van der Waals surface area contributed by atoms with Gasteiger partial charge < -0.3 is 4.90 Å². The molecule has 1 atom stereocenters. The van der Waals surface area contributed by atoms with Gasteiger partial charge in [0.15, 0.2) is 0 Å². The topological polar surface area (TPSA) is 20.3 Å². The lowest BCUT2D eigenvalue weighted by molar-refractivity contribution is -0.128. The molecule has 1 aliphatic heterocycles. The fourth-order valence-corrected chi connectivity index (χ4v) is 3.48. The lowest BCUT2D eigenvalue weighted by Crippen LogP contribution is -2.28. The third-order valence-corrected chi connectivity index (χ3v) is 4.53. The molecule has 0 spiro atoms. The van der Waals surface area contributed by atoms with Crippen LogP contribution in [0.4, 0.5) is 4.39 Å². The van der Waals surface area contributed by atoms with Crippen LogP contribution in [-0.4, -0.2) is 23.1 Å². The van der Waals surface area contributed by atoms with Crippen molar-refractivity contribution in [2.45, 2.75) is 18.7 Å². The van der Waals surface area contributed by atoms with Gasteiger partial charge in [-0.1, -0.05) is 13.0 Å². The third-order valence-electron chi connectivity index (χ3n) is 2.66. The first-order valence-electron chi connectivity index (χ1n) is 5.49. The number of carbonyl (C=O) groups excluding carboxylic acids is 1. The molecular formula is C12H13BrFNOS. The van der Waals surface area contributed by atoms with Gasteiger partial charge in [0.2, 0.25) is 5.91 Å². The van der Waals surface area contributed by atoms with Crippen LogP contribution in [0.15, 0.2) is 22.7 Å². The second-order valence-electron chi connectivity index (χ2n) is 3.92. The van der Waals surface area contributed by atoms with E-state index in [2.05, 4.69) is 15.9 Å². The number of hydrogen-bond donors (Lipinski definition) is 0. The van der Waals surface area contributed by atoms with Crippen LogP contribution in [0.5, 0.6) is 0 Å². The van der Waals surface area contributed by atoms with E-state index in [0.29, 0.717) is 10.2 Å². The van der Waals surface area contributed by atoms with Crippen molar-refractivity contribution >= 4 is 33.6 Å². The SMILES string of the molecule is CCCN1C(=O)CSC1c1ccc(F)c(Br)c1. The molecule has 2 rings (SSSR count). The van der Waals surface area contributed by atoms with Crippen LogP contribution < -0.4 is 0 Å². The van der Waals surface area contributed by atoms with E-state index in [1.54, 1.807) is 23.9 Å². The van der Waals surface area contributed by atoms with Gasteiger partial charge >= 0.3 is 0 Å². The van der Waals surface area contributed by atoms with Crippen LogP contribution in [0.2, 0.25) is 0 Å². The molecule has 1 fully saturated rings. The van der Waals surface area contributed by atoms with Gasteiger partial charge in [-0.25, -0.2) is 4.39 Å². The molecule has 17 heavy (non-hydrogen) atoms. The van der Waals surface area contributed by atoms with E-state index in [-0.39, 0.29) is 17.1 Å². The van der Waals surface area contributed by atoms with Crippen LogP contribution >= 0.6 is 27.7 Å². The molecule has 0 aromatic heterocycles. The van der Waals surface area contributed by atoms with E-state index in [9.17, 15) is 9.18 Å². The van der Waals surface area contributed by atoms with Gasteiger partial charge in [-0.15, -0.1) is 11.8 Å². The molecule has 1 aromatic carbocycles. The van der Waals surface area contributed by atoms with Crippen LogP contribution in [-0.2, 0) is 4.79 Å². The highest BCUT2D eigenvalue weighted by Gasteiger charge is 2.32. The minimum Gasteiger partial charge on any atom is -0.326 e. The van der Waals surface area contributed by atoms with Crippen molar-refractivity contribution in [1.29, 1.82) is 0 Å².